The number of nitrogens with one attached hydrogen (secondary N) is 1. The molecule has 3 heterocycles. The lowest BCUT2D eigenvalue weighted by atomic mass is 9.56. The van der Waals surface area contributed by atoms with E-state index in [1.54, 1.807) is 0 Å². The van der Waals surface area contributed by atoms with Crippen LogP contribution >= 0.6 is 0 Å². The molecule has 9 nitrogen and oxygen atoms in total. The summed E-state index contributed by atoms with van der Waals surface area (Å²) in [5, 5.41) is 44.2. The number of ketones is 1. The number of piperidine rings is 1. The average Bonchev–Trinajstić information content (AvgIpc) is 3.42. The highest BCUT2D eigenvalue weighted by Gasteiger charge is 2.63. The molecule has 0 aromatic rings. The van der Waals surface area contributed by atoms with Crippen LogP contribution in [-0.4, -0.2) is 93.9 Å². The van der Waals surface area contributed by atoms with Crippen LogP contribution in [0, 0.1) is 35.0 Å². The number of carbonyl (C=O) groups is 1. The molecule has 5 N–H and O–H groups in total. The molecule has 7 aliphatic rings. The van der Waals surface area contributed by atoms with Crippen molar-refractivity contribution in [1.82, 2.24) is 5.32 Å². The molecule has 42 heavy (non-hydrogen) atoms. The minimum atomic E-state index is -1.46. The molecule has 2 saturated carbocycles. The molecule has 0 amide bonds. The summed E-state index contributed by atoms with van der Waals surface area (Å²) in [6, 6.07) is 0.344. The lowest BCUT2D eigenvalue weighted by Crippen LogP contribution is -2.60. The van der Waals surface area contributed by atoms with E-state index in [4.69, 9.17) is 14.2 Å². The van der Waals surface area contributed by atoms with Gasteiger partial charge >= 0.3 is 0 Å². The predicted octanol–water partition coefficient (Wildman–Crippen LogP) is 2.01. The molecule has 0 unspecified atom stereocenters. The molecular weight excluding hydrogens is 538 g/mol. The third-order valence-corrected chi connectivity index (χ3v) is 12.8. The minimum absolute atomic E-state index is 0.0482. The highest BCUT2D eigenvalue weighted by atomic mass is 16.7. The molecule has 0 bridgehead atoms. The Morgan fingerprint density at radius 2 is 1.90 bits per heavy atom. The third-order valence-electron chi connectivity index (χ3n) is 12.8. The van der Waals surface area contributed by atoms with Crippen LogP contribution in [0.5, 0.6) is 0 Å². The first-order valence-corrected chi connectivity index (χ1v) is 16.3. The van der Waals surface area contributed by atoms with E-state index >= 15 is 0 Å². The summed E-state index contributed by atoms with van der Waals surface area (Å²) in [5.41, 5.74) is 2.89. The van der Waals surface area contributed by atoms with Crippen molar-refractivity contribution in [3.05, 3.63) is 22.8 Å². The molecule has 4 aliphatic carbocycles. The molecule has 0 aromatic heterocycles. The number of carbonyl (C=O) groups excluding carboxylic acids is 1. The fraction of sp³-hybridized carbons (Fsp3) is 0.848. The van der Waals surface area contributed by atoms with Gasteiger partial charge in [-0.1, -0.05) is 32.4 Å². The largest absolute Gasteiger partial charge is 0.394 e. The fourth-order valence-electron chi connectivity index (χ4n) is 10.4. The lowest BCUT2D eigenvalue weighted by molar-refractivity contribution is -0.312. The van der Waals surface area contributed by atoms with Crippen LogP contribution in [0.25, 0.3) is 0 Å². The first-order chi connectivity index (χ1) is 20.0. The van der Waals surface area contributed by atoms with Crippen molar-refractivity contribution >= 4 is 5.78 Å². The van der Waals surface area contributed by atoms with Gasteiger partial charge in [-0.2, -0.15) is 0 Å². The van der Waals surface area contributed by atoms with Crippen LogP contribution in [0.1, 0.15) is 72.6 Å². The normalized spacial score (nSPS) is 53.9. The molecule has 3 saturated heterocycles. The van der Waals surface area contributed by atoms with Crippen molar-refractivity contribution < 1.29 is 39.4 Å². The SMILES string of the molecule is CC1=C2C(=O)[C@H]3[C@H](CC=C4C[C@H](O[C@@H]5O[C@H](CO)[C@@H](O)[C@H](O)[C@H]5O)CC[C@]43C)[C@@H]2CC[C@]12O[C@@H]1C[C@H](C)CN[C@H]1[C@H]2C. The number of hydrogen-bond acceptors (Lipinski definition) is 9. The maximum Gasteiger partial charge on any atom is 0.186 e. The van der Waals surface area contributed by atoms with Crippen LogP contribution in [0.2, 0.25) is 0 Å². The van der Waals surface area contributed by atoms with Crippen molar-refractivity contribution in [2.45, 2.75) is 127 Å². The van der Waals surface area contributed by atoms with Gasteiger partial charge < -0.3 is 40.0 Å². The lowest BCUT2D eigenvalue weighted by Gasteiger charge is -2.49. The quantitative estimate of drug-likeness (QED) is 0.314. The zero-order valence-electron chi connectivity index (χ0n) is 25.4. The highest BCUT2D eigenvalue weighted by Crippen LogP contribution is 2.64. The Kier molecular flexibility index (Phi) is 7.34. The van der Waals surface area contributed by atoms with Gasteiger partial charge in [-0.3, -0.25) is 4.79 Å². The van der Waals surface area contributed by atoms with E-state index in [0.29, 0.717) is 42.4 Å². The Balaban J connectivity index is 1.11. The van der Waals surface area contributed by atoms with E-state index in [-0.39, 0.29) is 35.1 Å². The predicted molar refractivity (Wildman–Crippen MR) is 153 cm³/mol. The van der Waals surface area contributed by atoms with Crippen molar-refractivity contribution in [2.24, 2.45) is 35.0 Å². The number of rotatable bonds is 3. The summed E-state index contributed by atoms with van der Waals surface area (Å²) >= 11 is 0. The molecule has 0 radical (unpaired) electrons. The van der Waals surface area contributed by atoms with Gasteiger partial charge in [-0.25, -0.2) is 0 Å². The monoisotopic (exact) mass is 587 g/mol. The second kappa shape index (κ2) is 10.4. The van der Waals surface area contributed by atoms with Gasteiger partial charge in [0.25, 0.3) is 0 Å². The van der Waals surface area contributed by atoms with E-state index in [9.17, 15) is 25.2 Å². The molecule has 234 valence electrons. The van der Waals surface area contributed by atoms with Crippen LogP contribution < -0.4 is 5.32 Å². The van der Waals surface area contributed by atoms with Crippen LogP contribution in [0.15, 0.2) is 22.8 Å². The highest BCUT2D eigenvalue weighted by molar-refractivity contribution is 6.02. The number of aliphatic hydroxyl groups excluding tert-OH is 4. The van der Waals surface area contributed by atoms with Crippen molar-refractivity contribution in [3.8, 4) is 0 Å². The van der Waals surface area contributed by atoms with Gasteiger partial charge in [-0.05, 0) is 87.2 Å². The zero-order chi connectivity index (χ0) is 29.7. The van der Waals surface area contributed by atoms with Crippen molar-refractivity contribution in [2.75, 3.05) is 13.2 Å². The summed E-state index contributed by atoms with van der Waals surface area (Å²) in [7, 11) is 0. The molecular formula is C33H49NO8. The summed E-state index contributed by atoms with van der Waals surface area (Å²) in [5.74, 6) is 1.81. The topological polar surface area (TPSA) is 138 Å². The Labute approximate surface area is 248 Å². The maximum absolute atomic E-state index is 14.5. The van der Waals surface area contributed by atoms with Gasteiger partial charge in [0.15, 0.2) is 12.1 Å². The molecule has 9 heteroatoms. The van der Waals surface area contributed by atoms with E-state index in [1.165, 1.54) is 11.1 Å². The Morgan fingerprint density at radius 3 is 2.67 bits per heavy atom. The number of Topliss-reactive ketones (excluding diaryl/α,β-unsaturated/α-hetero) is 1. The van der Waals surface area contributed by atoms with E-state index in [2.05, 4.69) is 39.1 Å². The fourth-order valence-corrected chi connectivity index (χ4v) is 10.4. The van der Waals surface area contributed by atoms with Crippen molar-refractivity contribution in [3.63, 3.8) is 0 Å². The van der Waals surface area contributed by atoms with Crippen LogP contribution in [0.3, 0.4) is 0 Å². The summed E-state index contributed by atoms with van der Waals surface area (Å²) in [6.45, 7) is 9.60. The third kappa shape index (κ3) is 4.14. The number of allylic oxidation sites excluding steroid dienone is 2. The van der Waals surface area contributed by atoms with Crippen LogP contribution in [0.4, 0.5) is 0 Å². The van der Waals surface area contributed by atoms with Gasteiger partial charge in [0.05, 0.1) is 24.4 Å². The zero-order valence-corrected chi connectivity index (χ0v) is 25.4. The molecule has 1 spiro atoms. The molecule has 3 aliphatic heterocycles. The van der Waals surface area contributed by atoms with Gasteiger partial charge in [0.1, 0.15) is 24.4 Å². The number of hydrogen-bond donors (Lipinski definition) is 5. The number of fused-ring (bicyclic) bond motifs is 6. The number of aliphatic hydroxyl groups is 4. The van der Waals surface area contributed by atoms with E-state index in [1.807, 2.05) is 0 Å². The first-order valence-electron chi connectivity index (χ1n) is 16.3. The first kappa shape index (κ1) is 29.5. The van der Waals surface area contributed by atoms with E-state index < -0.39 is 37.3 Å². The molecule has 7 rings (SSSR count). The standard InChI is InChI=1S/C33H49NO8/c1-15-11-22-26(34-13-15)17(3)33(42-22)10-8-20-21-6-5-18-12-19(40-31-30(39)29(38)27(36)23(14-35)41-31)7-9-32(18,4)25(21)28(37)24(20)16(33)2/h5,15,17,19-23,25-27,29-31,34-36,38-39H,6-14H2,1-4H3/t15-,17+,19+,20-,21+,22+,23+,25+,26-,27+,29-,30+,31+,32+,33-/m0/s1. The molecule has 5 fully saturated rings. The average molecular weight is 588 g/mol. The van der Waals surface area contributed by atoms with Gasteiger partial charge in [0.2, 0.25) is 0 Å². The number of ether oxygens (including phenoxy) is 3. The maximum atomic E-state index is 14.5. The van der Waals surface area contributed by atoms with Gasteiger partial charge in [0, 0.05) is 23.5 Å². The smallest absolute Gasteiger partial charge is 0.186 e. The Hall–Kier alpha value is -1.17. The van der Waals surface area contributed by atoms with Gasteiger partial charge in [-0.15, -0.1) is 0 Å². The Bertz CT molecular complexity index is 1170. The molecule has 0 aromatic carbocycles. The van der Waals surface area contributed by atoms with Crippen LogP contribution in [-0.2, 0) is 19.0 Å². The molecule has 15 atom stereocenters. The Morgan fingerprint density at radius 1 is 1.12 bits per heavy atom. The van der Waals surface area contributed by atoms with Crippen molar-refractivity contribution in [1.29, 1.82) is 0 Å². The minimum Gasteiger partial charge on any atom is -0.394 e. The summed E-state index contributed by atoms with van der Waals surface area (Å²) in [6.07, 6.45) is 1.93. The summed E-state index contributed by atoms with van der Waals surface area (Å²) in [4.78, 5) is 14.5. The van der Waals surface area contributed by atoms with E-state index in [0.717, 1.165) is 44.2 Å². The second-order valence-electron chi connectivity index (χ2n) is 14.9. The summed E-state index contributed by atoms with van der Waals surface area (Å²) < 4.78 is 18.8. The second-order valence-corrected chi connectivity index (χ2v) is 14.9.